The quantitative estimate of drug-likeness (QED) is 0.376. The van der Waals surface area contributed by atoms with Gasteiger partial charge in [-0.3, -0.25) is 4.98 Å². The van der Waals surface area contributed by atoms with Crippen LogP contribution >= 0.6 is 0 Å². The number of rotatable bonds is 6. The standard InChI is InChI=1S/C33H42FN5O4/c1-20-27(36-22-13-15-39(18-22)32(40)43-33(2,3)4)25-17-35-28(24-12-6-9-21-10-8-16-41-30(21)24)26(34)29(25)37-31(20)42-19-23-11-7-14-38(23)5/h6,9,12,17,22-23H,7-8,10-11,13-16,18-19H2,1-5H3,(H,36,37). The summed E-state index contributed by atoms with van der Waals surface area (Å²) in [5.41, 5.74) is 3.05. The van der Waals surface area contributed by atoms with Crippen molar-refractivity contribution in [3.05, 3.63) is 41.3 Å². The van der Waals surface area contributed by atoms with Gasteiger partial charge in [0.25, 0.3) is 0 Å². The van der Waals surface area contributed by atoms with Crippen molar-refractivity contribution in [3.63, 3.8) is 0 Å². The second kappa shape index (κ2) is 11.8. The number of likely N-dealkylation sites (tertiary alicyclic amines) is 2. The number of carbonyl (C=O) groups is 1. The Hall–Kier alpha value is -3.66. The number of amides is 1. The average molecular weight is 592 g/mol. The topological polar surface area (TPSA) is 89.1 Å². The Labute approximate surface area is 252 Å². The van der Waals surface area contributed by atoms with Crippen LogP contribution in [-0.4, -0.2) is 83.4 Å². The molecule has 0 radical (unpaired) electrons. The van der Waals surface area contributed by atoms with Gasteiger partial charge in [-0.05, 0) is 85.0 Å². The lowest BCUT2D eigenvalue weighted by atomic mass is 9.99. The first-order valence-corrected chi connectivity index (χ1v) is 15.4. The summed E-state index contributed by atoms with van der Waals surface area (Å²) in [7, 11) is 2.10. The van der Waals surface area contributed by atoms with Crippen LogP contribution in [0, 0.1) is 12.7 Å². The Morgan fingerprint density at radius 1 is 1.21 bits per heavy atom. The summed E-state index contributed by atoms with van der Waals surface area (Å²) in [5, 5.41) is 4.18. The van der Waals surface area contributed by atoms with Crippen LogP contribution in [0.3, 0.4) is 0 Å². The van der Waals surface area contributed by atoms with Crippen LogP contribution < -0.4 is 14.8 Å². The van der Waals surface area contributed by atoms with Gasteiger partial charge in [0.05, 0.1) is 12.3 Å². The molecule has 3 aliphatic heterocycles. The highest BCUT2D eigenvalue weighted by atomic mass is 19.1. The van der Waals surface area contributed by atoms with E-state index in [0.717, 1.165) is 55.5 Å². The van der Waals surface area contributed by atoms with E-state index in [1.165, 1.54) is 0 Å². The fourth-order valence-corrected chi connectivity index (χ4v) is 6.29. The number of hydrogen-bond acceptors (Lipinski definition) is 8. The van der Waals surface area contributed by atoms with E-state index in [9.17, 15) is 4.79 Å². The molecule has 5 heterocycles. The summed E-state index contributed by atoms with van der Waals surface area (Å²) in [5.74, 6) is 0.589. The van der Waals surface area contributed by atoms with E-state index in [4.69, 9.17) is 19.2 Å². The van der Waals surface area contributed by atoms with Crippen LogP contribution in [0.5, 0.6) is 11.6 Å². The van der Waals surface area contributed by atoms with Crippen LogP contribution in [0.4, 0.5) is 14.9 Å². The smallest absolute Gasteiger partial charge is 0.410 e. The zero-order valence-corrected chi connectivity index (χ0v) is 25.8. The molecule has 9 nitrogen and oxygen atoms in total. The van der Waals surface area contributed by atoms with E-state index < -0.39 is 11.4 Å². The first kappa shape index (κ1) is 29.4. The summed E-state index contributed by atoms with van der Waals surface area (Å²) in [6.45, 7) is 10.7. The van der Waals surface area contributed by atoms with Gasteiger partial charge in [0.1, 0.15) is 29.2 Å². The lowest BCUT2D eigenvalue weighted by Crippen LogP contribution is -2.36. The van der Waals surface area contributed by atoms with Crippen LogP contribution in [0.2, 0.25) is 0 Å². The number of ether oxygens (including phenoxy) is 3. The van der Waals surface area contributed by atoms with Gasteiger partial charge in [-0.15, -0.1) is 0 Å². The largest absolute Gasteiger partial charge is 0.493 e. The molecular weight excluding hydrogens is 549 g/mol. The maximum absolute atomic E-state index is 16.5. The van der Waals surface area contributed by atoms with Crippen molar-refractivity contribution in [1.29, 1.82) is 0 Å². The number of aromatic nitrogens is 2. The lowest BCUT2D eigenvalue weighted by molar-refractivity contribution is 0.0293. The van der Waals surface area contributed by atoms with E-state index in [2.05, 4.69) is 22.2 Å². The Morgan fingerprint density at radius 2 is 2.05 bits per heavy atom. The molecule has 2 unspecified atom stereocenters. The Kier molecular flexibility index (Phi) is 8.06. The Balaban J connectivity index is 1.36. The van der Waals surface area contributed by atoms with Gasteiger partial charge < -0.3 is 29.3 Å². The zero-order valence-electron chi connectivity index (χ0n) is 25.8. The monoisotopic (exact) mass is 591 g/mol. The molecule has 0 spiro atoms. The summed E-state index contributed by atoms with van der Waals surface area (Å²) in [6.07, 6.45) is 6.09. The third kappa shape index (κ3) is 6.07. The zero-order chi connectivity index (χ0) is 30.3. The molecule has 6 rings (SSSR count). The minimum atomic E-state index is -0.565. The highest BCUT2D eigenvalue weighted by molar-refractivity contribution is 5.96. The lowest BCUT2D eigenvalue weighted by Gasteiger charge is -2.25. The molecule has 3 aromatic rings. The number of nitrogens with zero attached hydrogens (tertiary/aromatic N) is 4. The number of pyridine rings is 2. The van der Waals surface area contributed by atoms with Crippen LogP contribution in [-0.2, 0) is 11.2 Å². The maximum atomic E-state index is 16.5. The number of carbonyl (C=O) groups excluding carboxylic acids is 1. The van der Waals surface area contributed by atoms with E-state index in [1.54, 1.807) is 11.1 Å². The molecule has 2 saturated heterocycles. The van der Waals surface area contributed by atoms with E-state index in [0.29, 0.717) is 48.9 Å². The minimum Gasteiger partial charge on any atom is -0.493 e. The van der Waals surface area contributed by atoms with E-state index in [1.807, 2.05) is 45.9 Å². The third-order valence-electron chi connectivity index (χ3n) is 8.63. The summed E-state index contributed by atoms with van der Waals surface area (Å²) in [6, 6.07) is 6.03. The molecule has 0 bridgehead atoms. The molecule has 2 atom stereocenters. The van der Waals surface area contributed by atoms with Gasteiger partial charge >= 0.3 is 6.09 Å². The molecule has 1 N–H and O–H groups in total. The predicted molar refractivity (Wildman–Crippen MR) is 164 cm³/mol. The molecule has 1 aromatic carbocycles. The second-order valence-electron chi connectivity index (χ2n) is 13.0. The van der Waals surface area contributed by atoms with Crippen LogP contribution in [0.25, 0.3) is 22.2 Å². The van der Waals surface area contributed by atoms with Gasteiger partial charge in [-0.2, -0.15) is 0 Å². The summed E-state index contributed by atoms with van der Waals surface area (Å²) in [4.78, 5) is 26.1. The third-order valence-corrected chi connectivity index (χ3v) is 8.63. The van der Waals surface area contributed by atoms with Crippen molar-refractivity contribution in [1.82, 2.24) is 19.8 Å². The number of benzene rings is 1. The van der Waals surface area contributed by atoms with Crippen LogP contribution in [0.1, 0.15) is 57.6 Å². The molecule has 1 amide bonds. The van der Waals surface area contributed by atoms with Gasteiger partial charge in [0.2, 0.25) is 5.88 Å². The molecule has 0 saturated carbocycles. The van der Waals surface area contributed by atoms with Gasteiger partial charge in [-0.25, -0.2) is 14.2 Å². The predicted octanol–water partition coefficient (Wildman–Crippen LogP) is 5.96. The number of likely N-dealkylation sites (N-methyl/N-ethyl adjacent to an activating group) is 1. The fourth-order valence-electron chi connectivity index (χ4n) is 6.29. The van der Waals surface area contributed by atoms with Gasteiger partial charge in [-0.1, -0.05) is 12.1 Å². The molecule has 230 valence electrons. The molecule has 2 fully saturated rings. The maximum Gasteiger partial charge on any atom is 0.410 e. The molecule has 0 aliphatic carbocycles. The normalized spacial score (nSPS) is 20.7. The summed E-state index contributed by atoms with van der Waals surface area (Å²) >= 11 is 0. The van der Waals surface area contributed by atoms with Crippen molar-refractivity contribution in [2.45, 2.75) is 77.5 Å². The molecule has 10 heteroatoms. The number of para-hydroxylation sites is 1. The molecule has 3 aliphatic rings. The molecule has 2 aromatic heterocycles. The highest BCUT2D eigenvalue weighted by Crippen LogP contribution is 2.40. The number of halogens is 1. The van der Waals surface area contributed by atoms with Gasteiger partial charge in [0.15, 0.2) is 5.82 Å². The van der Waals surface area contributed by atoms with E-state index in [-0.39, 0.29) is 29.4 Å². The number of nitrogens with one attached hydrogen (secondary N) is 1. The Morgan fingerprint density at radius 3 is 2.81 bits per heavy atom. The molecular formula is C33H42FN5O4. The summed E-state index contributed by atoms with van der Waals surface area (Å²) < 4.78 is 34.4. The SMILES string of the molecule is Cc1c(OCC2CCCN2C)nc2c(F)c(-c3cccc4c3OCCC4)ncc2c1NC1CCN(C(=O)OC(C)(C)C)C1. The Bertz CT molecular complexity index is 1520. The molecule has 43 heavy (non-hydrogen) atoms. The van der Waals surface area contributed by atoms with Gasteiger partial charge in [0, 0.05) is 47.9 Å². The van der Waals surface area contributed by atoms with Crippen molar-refractivity contribution >= 4 is 22.7 Å². The average Bonchev–Trinajstić information content (AvgIpc) is 3.62. The first-order valence-electron chi connectivity index (χ1n) is 15.4. The first-order chi connectivity index (χ1) is 20.6. The number of aryl methyl sites for hydroxylation is 1. The minimum absolute atomic E-state index is 0.0529. The highest BCUT2D eigenvalue weighted by Gasteiger charge is 2.32. The van der Waals surface area contributed by atoms with Crippen molar-refractivity contribution in [2.75, 3.05) is 45.2 Å². The second-order valence-corrected chi connectivity index (χ2v) is 13.0. The number of hydrogen-bond donors (Lipinski definition) is 1. The van der Waals surface area contributed by atoms with Crippen LogP contribution in [0.15, 0.2) is 24.4 Å². The number of anilines is 1. The van der Waals surface area contributed by atoms with E-state index >= 15 is 4.39 Å². The fraction of sp³-hybridized carbons (Fsp3) is 0.545. The van der Waals surface area contributed by atoms with Crippen molar-refractivity contribution in [3.8, 4) is 22.9 Å². The number of fused-ring (bicyclic) bond motifs is 2. The van der Waals surface area contributed by atoms with Crippen molar-refractivity contribution in [2.24, 2.45) is 0 Å². The van der Waals surface area contributed by atoms with Crippen molar-refractivity contribution < 1.29 is 23.4 Å².